The van der Waals surface area contributed by atoms with Gasteiger partial charge in [0.15, 0.2) is 11.6 Å². The van der Waals surface area contributed by atoms with Gasteiger partial charge in [0.25, 0.3) is 0 Å². The summed E-state index contributed by atoms with van der Waals surface area (Å²) in [5, 5.41) is 2.00. The first kappa shape index (κ1) is 15.4. The maximum absolute atomic E-state index is 13.4. The molecule has 0 bridgehead atoms. The average molecular weight is 292 g/mol. The fraction of sp³-hybridized carbons (Fsp3) is 0.333. The van der Waals surface area contributed by atoms with Gasteiger partial charge in [0.1, 0.15) is 5.69 Å². The minimum absolute atomic E-state index is 0.0450. The van der Waals surface area contributed by atoms with Crippen LogP contribution in [0.3, 0.4) is 0 Å². The number of hydrogen-bond acceptors (Lipinski definition) is 3. The van der Waals surface area contributed by atoms with E-state index in [1.807, 2.05) is 0 Å². The zero-order chi connectivity index (χ0) is 14.4. The SMILES string of the molecule is COC(=O)CCCC(=O)Nc1c(F)cc(Cl)cc1F. The Balaban J connectivity index is 2.56. The summed E-state index contributed by atoms with van der Waals surface area (Å²) in [6.07, 6.45) is 0.251. The lowest BCUT2D eigenvalue weighted by Crippen LogP contribution is -2.14. The van der Waals surface area contributed by atoms with E-state index < -0.39 is 29.2 Å². The molecule has 104 valence electrons. The summed E-state index contributed by atoms with van der Waals surface area (Å²) >= 11 is 5.45. The van der Waals surface area contributed by atoms with Gasteiger partial charge in [-0.2, -0.15) is 0 Å². The van der Waals surface area contributed by atoms with Crippen molar-refractivity contribution in [3.63, 3.8) is 0 Å². The molecule has 0 radical (unpaired) electrons. The third-order valence-corrected chi connectivity index (χ3v) is 2.50. The standard InChI is InChI=1S/C12H12ClF2NO3/c1-19-11(18)4-2-3-10(17)16-12-8(14)5-7(13)6-9(12)15/h5-6H,2-4H2,1H3,(H,16,17). The van der Waals surface area contributed by atoms with Crippen LogP contribution in [0, 0.1) is 11.6 Å². The highest BCUT2D eigenvalue weighted by atomic mass is 35.5. The Labute approximate surface area is 113 Å². The Morgan fingerprint density at radius 3 is 2.37 bits per heavy atom. The second-order valence-electron chi connectivity index (χ2n) is 3.72. The van der Waals surface area contributed by atoms with Gasteiger partial charge in [0.2, 0.25) is 5.91 Å². The fourth-order valence-electron chi connectivity index (χ4n) is 1.36. The van der Waals surface area contributed by atoms with Crippen LogP contribution in [0.5, 0.6) is 0 Å². The number of nitrogens with one attached hydrogen (secondary N) is 1. The van der Waals surface area contributed by atoms with Crippen LogP contribution in [0.1, 0.15) is 19.3 Å². The third-order valence-electron chi connectivity index (χ3n) is 2.28. The van der Waals surface area contributed by atoms with Crippen molar-refractivity contribution in [2.24, 2.45) is 0 Å². The number of carbonyl (C=O) groups is 2. The van der Waals surface area contributed by atoms with Gasteiger partial charge in [-0.1, -0.05) is 11.6 Å². The first-order valence-electron chi connectivity index (χ1n) is 5.45. The van der Waals surface area contributed by atoms with Crippen molar-refractivity contribution < 1.29 is 23.1 Å². The maximum atomic E-state index is 13.4. The summed E-state index contributed by atoms with van der Waals surface area (Å²) < 4.78 is 31.1. The monoisotopic (exact) mass is 291 g/mol. The van der Waals surface area contributed by atoms with Gasteiger partial charge in [-0.15, -0.1) is 0 Å². The molecule has 0 heterocycles. The van der Waals surface area contributed by atoms with Crippen LogP contribution < -0.4 is 5.32 Å². The number of benzene rings is 1. The van der Waals surface area contributed by atoms with Gasteiger partial charge in [-0.3, -0.25) is 9.59 Å². The summed E-state index contributed by atoms with van der Waals surface area (Å²) in [6, 6.07) is 1.80. The second kappa shape index (κ2) is 7.04. The molecule has 7 heteroatoms. The highest BCUT2D eigenvalue weighted by Gasteiger charge is 2.14. The molecule has 1 amide bonds. The van der Waals surface area contributed by atoms with Crippen molar-refractivity contribution in [2.45, 2.75) is 19.3 Å². The molecule has 0 aromatic heterocycles. The van der Waals surface area contributed by atoms with Gasteiger partial charge in [-0.25, -0.2) is 8.78 Å². The Morgan fingerprint density at radius 2 is 1.84 bits per heavy atom. The summed E-state index contributed by atoms with van der Waals surface area (Å²) in [5.74, 6) is -2.95. The van der Waals surface area contributed by atoms with E-state index in [0.29, 0.717) is 0 Å². The predicted molar refractivity (Wildman–Crippen MR) is 65.9 cm³/mol. The smallest absolute Gasteiger partial charge is 0.305 e. The van der Waals surface area contributed by atoms with Crippen molar-refractivity contribution in [1.29, 1.82) is 0 Å². The van der Waals surface area contributed by atoms with E-state index in [1.54, 1.807) is 0 Å². The number of amides is 1. The number of rotatable bonds is 5. The highest BCUT2D eigenvalue weighted by molar-refractivity contribution is 6.30. The number of esters is 1. The van der Waals surface area contributed by atoms with Crippen molar-refractivity contribution in [3.05, 3.63) is 28.8 Å². The van der Waals surface area contributed by atoms with Gasteiger partial charge in [0, 0.05) is 17.9 Å². The summed E-state index contributed by atoms with van der Waals surface area (Å²) in [7, 11) is 1.24. The van der Waals surface area contributed by atoms with Gasteiger partial charge in [-0.05, 0) is 18.6 Å². The quantitative estimate of drug-likeness (QED) is 0.849. The first-order chi connectivity index (χ1) is 8.93. The van der Waals surface area contributed by atoms with E-state index in [2.05, 4.69) is 10.1 Å². The molecule has 0 atom stereocenters. The number of carbonyl (C=O) groups excluding carboxylic acids is 2. The lowest BCUT2D eigenvalue weighted by Gasteiger charge is -2.07. The molecule has 1 N–H and O–H groups in total. The van der Waals surface area contributed by atoms with E-state index in [0.717, 1.165) is 12.1 Å². The largest absolute Gasteiger partial charge is 0.469 e. The fourth-order valence-corrected chi connectivity index (χ4v) is 1.55. The van der Waals surface area contributed by atoms with Gasteiger partial charge < -0.3 is 10.1 Å². The number of methoxy groups -OCH3 is 1. The van der Waals surface area contributed by atoms with Crippen molar-refractivity contribution >= 4 is 29.2 Å². The molecule has 0 unspecified atom stereocenters. The Hall–Kier alpha value is -1.69. The normalized spacial score (nSPS) is 10.1. The lowest BCUT2D eigenvalue weighted by molar-refractivity contribution is -0.140. The minimum Gasteiger partial charge on any atom is -0.469 e. The summed E-state index contributed by atoms with van der Waals surface area (Å²) in [4.78, 5) is 22.3. The molecule has 1 aromatic carbocycles. The van der Waals surface area contributed by atoms with Crippen molar-refractivity contribution in [3.8, 4) is 0 Å². The number of halogens is 3. The van der Waals surface area contributed by atoms with Crippen LogP contribution in [0.15, 0.2) is 12.1 Å². The average Bonchev–Trinajstić information content (AvgIpc) is 2.33. The number of ether oxygens (including phenoxy) is 1. The highest BCUT2D eigenvalue weighted by Crippen LogP contribution is 2.23. The van der Waals surface area contributed by atoms with E-state index >= 15 is 0 Å². The summed E-state index contributed by atoms with van der Waals surface area (Å²) in [5.41, 5.74) is -0.549. The molecule has 0 spiro atoms. The van der Waals surface area contributed by atoms with E-state index in [-0.39, 0.29) is 24.3 Å². The van der Waals surface area contributed by atoms with Crippen molar-refractivity contribution in [2.75, 3.05) is 12.4 Å². The van der Waals surface area contributed by atoms with E-state index in [9.17, 15) is 18.4 Å². The topological polar surface area (TPSA) is 55.4 Å². The molecule has 1 rings (SSSR count). The molecule has 0 aliphatic rings. The van der Waals surface area contributed by atoms with E-state index in [1.165, 1.54) is 7.11 Å². The molecule has 0 aliphatic carbocycles. The lowest BCUT2D eigenvalue weighted by atomic mass is 10.2. The molecule has 0 saturated heterocycles. The first-order valence-corrected chi connectivity index (χ1v) is 5.83. The summed E-state index contributed by atoms with van der Waals surface area (Å²) in [6.45, 7) is 0. The minimum atomic E-state index is -0.952. The second-order valence-corrected chi connectivity index (χ2v) is 4.16. The molecule has 0 fully saturated rings. The van der Waals surface area contributed by atoms with Crippen LogP contribution in [-0.4, -0.2) is 19.0 Å². The molecular formula is C12H12ClF2NO3. The van der Waals surface area contributed by atoms with Gasteiger partial charge >= 0.3 is 5.97 Å². The molecule has 0 aliphatic heterocycles. The van der Waals surface area contributed by atoms with E-state index in [4.69, 9.17) is 11.6 Å². The molecule has 1 aromatic rings. The Morgan fingerprint density at radius 1 is 1.26 bits per heavy atom. The van der Waals surface area contributed by atoms with Crippen molar-refractivity contribution in [1.82, 2.24) is 0 Å². The van der Waals surface area contributed by atoms with Crippen LogP contribution in [-0.2, 0) is 14.3 Å². The molecule has 0 saturated carbocycles. The Kier molecular flexibility index (Phi) is 5.69. The van der Waals surface area contributed by atoms with Crippen LogP contribution in [0.25, 0.3) is 0 Å². The van der Waals surface area contributed by atoms with Gasteiger partial charge in [0.05, 0.1) is 7.11 Å². The zero-order valence-electron chi connectivity index (χ0n) is 10.1. The van der Waals surface area contributed by atoms with Crippen LogP contribution >= 0.6 is 11.6 Å². The maximum Gasteiger partial charge on any atom is 0.305 e. The molecule has 19 heavy (non-hydrogen) atoms. The predicted octanol–water partition coefficient (Wildman–Crippen LogP) is 2.90. The number of hydrogen-bond donors (Lipinski definition) is 1. The molecular weight excluding hydrogens is 280 g/mol. The number of anilines is 1. The molecule has 4 nitrogen and oxygen atoms in total. The third kappa shape index (κ3) is 4.82. The Bertz CT molecular complexity index is 471. The van der Waals surface area contributed by atoms with Crippen LogP contribution in [0.4, 0.5) is 14.5 Å². The zero-order valence-corrected chi connectivity index (χ0v) is 10.9. The van der Waals surface area contributed by atoms with Crippen LogP contribution in [0.2, 0.25) is 5.02 Å².